The molecule has 0 aliphatic heterocycles. The van der Waals surface area contributed by atoms with Crippen molar-refractivity contribution in [1.82, 2.24) is 25.3 Å². The van der Waals surface area contributed by atoms with Crippen LogP contribution >= 0.6 is 11.3 Å². The Kier molecular flexibility index (Phi) is 9.01. The minimum absolute atomic E-state index is 0.108. The van der Waals surface area contributed by atoms with Gasteiger partial charge in [-0.1, -0.05) is 18.2 Å². The molecule has 5 aromatic rings. The maximum absolute atomic E-state index is 16.0. The van der Waals surface area contributed by atoms with Gasteiger partial charge < -0.3 is 15.4 Å². The molecule has 0 bridgehead atoms. The Balaban J connectivity index is 1.54. The van der Waals surface area contributed by atoms with Crippen molar-refractivity contribution < 1.29 is 31.1 Å². The summed E-state index contributed by atoms with van der Waals surface area (Å²) in [6.45, 7) is 0.493. The molecule has 44 heavy (non-hydrogen) atoms. The number of alkyl carbamates (subject to hydrolysis) is 1. The number of thiazole rings is 1. The number of hydrogen-bond acceptors (Lipinski definition) is 10. The third-order valence-electron chi connectivity index (χ3n) is 5.95. The van der Waals surface area contributed by atoms with E-state index in [0.717, 1.165) is 35.6 Å². The van der Waals surface area contributed by atoms with Gasteiger partial charge in [0.2, 0.25) is 5.95 Å². The Morgan fingerprint density at radius 3 is 2.39 bits per heavy atom. The molecule has 1 amide bonds. The molecular formula is C28H22F3N7O4S2. The predicted molar refractivity (Wildman–Crippen MR) is 158 cm³/mol. The van der Waals surface area contributed by atoms with Crippen molar-refractivity contribution in [1.29, 1.82) is 0 Å². The van der Waals surface area contributed by atoms with Crippen molar-refractivity contribution in [2.45, 2.75) is 4.90 Å². The van der Waals surface area contributed by atoms with Gasteiger partial charge in [-0.2, -0.15) is 0 Å². The van der Waals surface area contributed by atoms with Crippen molar-refractivity contribution in [3.8, 4) is 32.5 Å². The minimum Gasteiger partial charge on any atom is -0.453 e. The number of amides is 1. The first kappa shape index (κ1) is 30.4. The molecular weight excluding hydrogens is 619 g/mol. The number of nitrogens with one attached hydrogen (secondary N) is 3. The van der Waals surface area contributed by atoms with E-state index in [1.54, 1.807) is 30.5 Å². The normalized spacial score (nSPS) is 11.2. The van der Waals surface area contributed by atoms with Crippen LogP contribution in [0.2, 0.25) is 0 Å². The Morgan fingerprint density at radius 2 is 1.66 bits per heavy atom. The summed E-state index contributed by atoms with van der Waals surface area (Å²) >= 11 is 1.16. The van der Waals surface area contributed by atoms with Crippen molar-refractivity contribution in [3.63, 3.8) is 0 Å². The number of ether oxygens (including phenoxy) is 1. The van der Waals surface area contributed by atoms with E-state index in [2.05, 4.69) is 35.3 Å². The van der Waals surface area contributed by atoms with Crippen LogP contribution in [0.25, 0.3) is 32.5 Å². The number of hydrogen-bond donors (Lipinski definition) is 3. The number of benzene rings is 2. The second-order valence-electron chi connectivity index (χ2n) is 8.85. The minimum atomic E-state index is -4.85. The molecule has 0 spiro atoms. The summed E-state index contributed by atoms with van der Waals surface area (Å²) in [5.74, 6) is -3.48. The first-order valence-electron chi connectivity index (χ1n) is 12.7. The van der Waals surface area contributed by atoms with Crippen LogP contribution in [0.3, 0.4) is 0 Å². The van der Waals surface area contributed by atoms with Crippen LogP contribution < -0.4 is 15.4 Å². The van der Waals surface area contributed by atoms with Crippen LogP contribution in [0, 0.1) is 17.5 Å². The molecule has 0 fully saturated rings. The number of anilines is 2. The topological polar surface area (TPSA) is 148 Å². The molecule has 0 saturated heterocycles. The fraction of sp³-hybridized carbons (Fsp3) is 0.107. The second kappa shape index (κ2) is 13.0. The van der Waals surface area contributed by atoms with E-state index in [0.29, 0.717) is 21.3 Å². The van der Waals surface area contributed by atoms with Gasteiger partial charge in [0.05, 0.1) is 34.8 Å². The van der Waals surface area contributed by atoms with Gasteiger partial charge in [0.1, 0.15) is 16.6 Å². The van der Waals surface area contributed by atoms with Crippen molar-refractivity contribution in [2.75, 3.05) is 30.2 Å². The van der Waals surface area contributed by atoms with E-state index in [9.17, 15) is 22.0 Å². The van der Waals surface area contributed by atoms with Gasteiger partial charge in [-0.3, -0.25) is 9.71 Å². The highest BCUT2D eigenvalue weighted by molar-refractivity contribution is 7.92. The van der Waals surface area contributed by atoms with Gasteiger partial charge >= 0.3 is 6.09 Å². The molecule has 16 heteroatoms. The molecule has 3 heterocycles. The predicted octanol–water partition coefficient (Wildman–Crippen LogP) is 5.32. The molecule has 3 N–H and O–H groups in total. The van der Waals surface area contributed by atoms with Crippen LogP contribution in [0.5, 0.6) is 0 Å². The monoisotopic (exact) mass is 641 g/mol. The van der Waals surface area contributed by atoms with Gasteiger partial charge in [0.25, 0.3) is 10.0 Å². The average molecular weight is 642 g/mol. The fourth-order valence-electron chi connectivity index (χ4n) is 3.99. The van der Waals surface area contributed by atoms with Gasteiger partial charge in [0, 0.05) is 31.0 Å². The molecule has 0 unspecified atom stereocenters. The molecule has 0 saturated carbocycles. The average Bonchev–Trinajstić information content (AvgIpc) is 3.46. The van der Waals surface area contributed by atoms with Crippen molar-refractivity contribution >= 4 is 39.1 Å². The number of nitrogens with zero attached hydrogens (tertiary/aromatic N) is 4. The maximum Gasteiger partial charge on any atom is 0.406 e. The molecule has 0 aliphatic carbocycles. The smallest absolute Gasteiger partial charge is 0.406 e. The molecule has 5 rings (SSSR count). The van der Waals surface area contributed by atoms with Gasteiger partial charge in [0.15, 0.2) is 10.7 Å². The largest absolute Gasteiger partial charge is 0.453 e. The Hall–Kier alpha value is -5.09. The van der Waals surface area contributed by atoms with Gasteiger partial charge in [-0.15, -0.1) is 11.3 Å². The number of sulfonamides is 1. The van der Waals surface area contributed by atoms with E-state index < -0.39 is 44.2 Å². The summed E-state index contributed by atoms with van der Waals surface area (Å²) in [7, 11) is -3.60. The van der Waals surface area contributed by atoms with Gasteiger partial charge in [-0.25, -0.2) is 41.3 Å². The van der Waals surface area contributed by atoms with Crippen molar-refractivity contribution in [2.24, 2.45) is 0 Å². The lowest BCUT2D eigenvalue weighted by molar-refractivity contribution is 0.171. The van der Waals surface area contributed by atoms with E-state index in [1.165, 1.54) is 25.4 Å². The molecule has 0 aliphatic rings. The summed E-state index contributed by atoms with van der Waals surface area (Å²) in [6.07, 6.45) is 2.46. The first-order chi connectivity index (χ1) is 21.2. The third kappa shape index (κ3) is 6.60. The Labute approximate surface area is 253 Å². The lowest BCUT2D eigenvalue weighted by atomic mass is 10.1. The number of methoxy groups -OCH3 is 1. The SMILES string of the molecule is COC(=O)NCCNc1nccc(-c2sc(-c3ccccn3)nc2-c2cccc(NS(=O)(=O)c3c(F)cccc3F)c2F)n1. The van der Waals surface area contributed by atoms with Crippen LogP contribution in [-0.4, -0.2) is 54.6 Å². The van der Waals surface area contributed by atoms with Crippen molar-refractivity contribution in [3.05, 3.63) is 90.5 Å². The zero-order chi connectivity index (χ0) is 31.3. The standard InChI is InChI=1S/C28H22F3N7O4S2/c1-42-28(39)35-15-14-34-27-33-13-11-20(36-27)24-23(37-26(43-24)21-9-2-3-12-32-21)16-6-4-10-19(22(16)31)38-44(40,41)25-17(29)7-5-8-18(25)30/h2-13,38H,14-15H2,1H3,(H,35,39)(H,33,34,36). The summed E-state index contributed by atoms with van der Waals surface area (Å²) in [5.41, 5.74) is 0.313. The summed E-state index contributed by atoms with van der Waals surface area (Å²) < 4.78 is 76.8. The number of pyridine rings is 1. The Bertz CT molecular complexity index is 1910. The lowest BCUT2D eigenvalue weighted by Crippen LogP contribution is -2.28. The second-order valence-corrected chi connectivity index (χ2v) is 11.5. The van der Waals surface area contributed by atoms with Crippen LogP contribution in [0.1, 0.15) is 0 Å². The van der Waals surface area contributed by atoms with E-state index >= 15 is 4.39 Å². The van der Waals surface area contributed by atoms with E-state index in [-0.39, 0.29) is 30.3 Å². The molecule has 3 aromatic heterocycles. The lowest BCUT2D eigenvalue weighted by Gasteiger charge is -2.12. The van der Waals surface area contributed by atoms with Crippen LogP contribution in [0.4, 0.5) is 29.6 Å². The molecule has 11 nitrogen and oxygen atoms in total. The summed E-state index contributed by atoms with van der Waals surface area (Å²) in [6, 6.07) is 13.3. The highest BCUT2D eigenvalue weighted by Gasteiger charge is 2.27. The van der Waals surface area contributed by atoms with Crippen LogP contribution in [-0.2, 0) is 14.8 Å². The maximum atomic E-state index is 16.0. The summed E-state index contributed by atoms with van der Waals surface area (Å²) in [4.78, 5) is 28.1. The molecule has 0 radical (unpaired) electrons. The quantitative estimate of drug-likeness (QED) is 0.173. The zero-order valence-electron chi connectivity index (χ0n) is 22.7. The molecule has 2 aromatic carbocycles. The molecule has 226 valence electrons. The van der Waals surface area contributed by atoms with E-state index in [4.69, 9.17) is 0 Å². The third-order valence-corrected chi connectivity index (χ3v) is 8.46. The fourth-order valence-corrected chi connectivity index (χ4v) is 6.21. The number of carbonyl (C=O) groups is 1. The number of rotatable bonds is 10. The van der Waals surface area contributed by atoms with Gasteiger partial charge in [-0.05, 0) is 42.5 Å². The number of aromatic nitrogens is 4. The highest BCUT2D eigenvalue weighted by Crippen LogP contribution is 2.41. The van der Waals surface area contributed by atoms with Crippen LogP contribution in [0.15, 0.2) is 78.0 Å². The number of halogens is 3. The highest BCUT2D eigenvalue weighted by atomic mass is 32.2. The Morgan fingerprint density at radius 1 is 0.886 bits per heavy atom. The first-order valence-corrected chi connectivity index (χ1v) is 15.0. The number of carbonyl (C=O) groups excluding carboxylic acids is 1. The molecule has 0 atom stereocenters. The van der Waals surface area contributed by atoms with E-state index in [1.807, 2.05) is 4.72 Å². The summed E-state index contributed by atoms with van der Waals surface area (Å²) in [5, 5.41) is 5.91. The zero-order valence-corrected chi connectivity index (χ0v) is 24.3.